The Morgan fingerprint density at radius 2 is 2.00 bits per heavy atom. The fourth-order valence-corrected chi connectivity index (χ4v) is 3.71. The van der Waals surface area contributed by atoms with Crippen LogP contribution in [0, 0.1) is 6.92 Å². The van der Waals surface area contributed by atoms with E-state index in [-0.39, 0.29) is 18.0 Å². The monoisotopic (exact) mass is 291 g/mol. The van der Waals surface area contributed by atoms with Crippen LogP contribution in [0.2, 0.25) is 5.02 Å². The second kappa shape index (κ2) is 6.52. The average molecular weight is 292 g/mol. The summed E-state index contributed by atoms with van der Waals surface area (Å²) in [4.78, 5) is 0.244. The fourth-order valence-electron chi connectivity index (χ4n) is 1.75. The maximum atomic E-state index is 12.4. The summed E-state index contributed by atoms with van der Waals surface area (Å²) in [7, 11) is -3.56. The third kappa shape index (κ3) is 3.45. The first-order chi connectivity index (χ1) is 8.43. The van der Waals surface area contributed by atoms with Crippen molar-refractivity contribution in [1.29, 1.82) is 0 Å². The van der Waals surface area contributed by atoms with Gasteiger partial charge in [-0.2, -0.15) is 4.31 Å². The van der Waals surface area contributed by atoms with Crippen LogP contribution in [0.4, 0.5) is 0 Å². The van der Waals surface area contributed by atoms with Crippen molar-refractivity contribution in [3.63, 3.8) is 0 Å². The van der Waals surface area contributed by atoms with Crippen LogP contribution in [0.1, 0.15) is 18.9 Å². The highest BCUT2D eigenvalue weighted by molar-refractivity contribution is 7.89. The standard InChI is InChI=1S/C12H18ClNO3S/c1-3-6-14(7-8-15)18(16,17)12-5-4-11(13)9-10(12)2/h4-5,9,15H,3,6-8H2,1-2H3. The van der Waals surface area contributed by atoms with Crippen LogP contribution in [0.25, 0.3) is 0 Å². The maximum absolute atomic E-state index is 12.4. The van der Waals surface area contributed by atoms with Crippen molar-refractivity contribution in [2.24, 2.45) is 0 Å². The van der Waals surface area contributed by atoms with Gasteiger partial charge in [-0.25, -0.2) is 8.42 Å². The van der Waals surface area contributed by atoms with E-state index in [0.29, 0.717) is 23.6 Å². The van der Waals surface area contributed by atoms with Gasteiger partial charge in [-0.05, 0) is 37.1 Å². The molecule has 0 atom stereocenters. The number of halogens is 1. The summed E-state index contributed by atoms with van der Waals surface area (Å²) in [5.41, 5.74) is 0.613. The summed E-state index contributed by atoms with van der Waals surface area (Å²) >= 11 is 5.82. The van der Waals surface area contributed by atoms with Crippen LogP contribution in [-0.2, 0) is 10.0 Å². The lowest BCUT2D eigenvalue weighted by Crippen LogP contribution is -2.34. The average Bonchev–Trinajstić information content (AvgIpc) is 2.28. The van der Waals surface area contributed by atoms with Gasteiger partial charge in [0, 0.05) is 18.1 Å². The van der Waals surface area contributed by atoms with Gasteiger partial charge in [0.25, 0.3) is 0 Å². The summed E-state index contributed by atoms with van der Waals surface area (Å²) in [6.45, 7) is 3.92. The SMILES string of the molecule is CCCN(CCO)S(=O)(=O)c1ccc(Cl)cc1C. The molecule has 0 unspecified atom stereocenters. The lowest BCUT2D eigenvalue weighted by molar-refractivity contribution is 0.253. The molecule has 0 heterocycles. The van der Waals surface area contributed by atoms with E-state index in [0.717, 1.165) is 0 Å². The van der Waals surface area contributed by atoms with Crippen molar-refractivity contribution in [3.8, 4) is 0 Å². The summed E-state index contributed by atoms with van der Waals surface area (Å²) < 4.78 is 26.1. The van der Waals surface area contributed by atoms with Crippen molar-refractivity contribution < 1.29 is 13.5 Å². The van der Waals surface area contributed by atoms with Crippen LogP contribution < -0.4 is 0 Å². The van der Waals surface area contributed by atoms with E-state index in [4.69, 9.17) is 16.7 Å². The summed E-state index contributed by atoms with van der Waals surface area (Å²) in [6, 6.07) is 4.69. The Labute approximate surface area is 113 Å². The van der Waals surface area contributed by atoms with Crippen LogP contribution in [-0.4, -0.2) is 37.5 Å². The van der Waals surface area contributed by atoms with E-state index in [1.165, 1.54) is 10.4 Å². The van der Waals surface area contributed by atoms with Crippen LogP contribution in [0.5, 0.6) is 0 Å². The van der Waals surface area contributed by atoms with Crippen molar-refractivity contribution in [2.75, 3.05) is 19.7 Å². The Hall–Kier alpha value is -0.620. The molecular weight excluding hydrogens is 274 g/mol. The molecule has 0 aliphatic carbocycles. The number of sulfonamides is 1. The first kappa shape index (κ1) is 15.4. The topological polar surface area (TPSA) is 57.6 Å². The van der Waals surface area contributed by atoms with Gasteiger partial charge < -0.3 is 5.11 Å². The van der Waals surface area contributed by atoms with Gasteiger partial charge in [-0.1, -0.05) is 18.5 Å². The van der Waals surface area contributed by atoms with Crippen molar-refractivity contribution >= 4 is 21.6 Å². The normalized spacial score (nSPS) is 12.1. The van der Waals surface area contributed by atoms with Crippen molar-refractivity contribution in [3.05, 3.63) is 28.8 Å². The highest BCUT2D eigenvalue weighted by Crippen LogP contribution is 2.23. The molecule has 0 aliphatic rings. The van der Waals surface area contributed by atoms with Crippen molar-refractivity contribution in [2.45, 2.75) is 25.2 Å². The molecule has 0 spiro atoms. The lowest BCUT2D eigenvalue weighted by atomic mass is 10.2. The zero-order chi connectivity index (χ0) is 13.8. The van der Waals surface area contributed by atoms with Gasteiger partial charge in [-0.15, -0.1) is 0 Å². The number of aliphatic hydroxyl groups excluding tert-OH is 1. The summed E-state index contributed by atoms with van der Waals surface area (Å²) in [5.74, 6) is 0. The molecule has 6 heteroatoms. The predicted octanol–water partition coefficient (Wildman–Crippen LogP) is 2.04. The van der Waals surface area contributed by atoms with Gasteiger partial charge in [0.2, 0.25) is 10.0 Å². The highest BCUT2D eigenvalue weighted by Gasteiger charge is 2.24. The molecule has 0 aliphatic heterocycles. The number of hydrogen-bond acceptors (Lipinski definition) is 3. The Kier molecular flexibility index (Phi) is 5.59. The highest BCUT2D eigenvalue weighted by atomic mass is 35.5. The first-order valence-electron chi connectivity index (χ1n) is 5.80. The minimum atomic E-state index is -3.56. The zero-order valence-corrected chi connectivity index (χ0v) is 12.1. The molecule has 0 saturated heterocycles. The molecule has 0 fully saturated rings. The molecule has 1 N–H and O–H groups in total. The predicted molar refractivity (Wildman–Crippen MR) is 72.3 cm³/mol. The zero-order valence-electron chi connectivity index (χ0n) is 10.6. The number of benzene rings is 1. The van der Waals surface area contributed by atoms with Crippen LogP contribution >= 0.6 is 11.6 Å². The molecule has 1 aromatic carbocycles. The van der Waals surface area contributed by atoms with E-state index in [2.05, 4.69) is 0 Å². The van der Waals surface area contributed by atoms with E-state index >= 15 is 0 Å². The number of rotatable bonds is 6. The lowest BCUT2D eigenvalue weighted by Gasteiger charge is -2.21. The summed E-state index contributed by atoms with van der Waals surface area (Å²) in [5, 5.41) is 9.47. The third-order valence-corrected chi connectivity index (χ3v) is 4.87. The molecule has 0 amide bonds. The van der Waals surface area contributed by atoms with E-state index in [1.807, 2.05) is 6.92 Å². The van der Waals surface area contributed by atoms with Gasteiger partial charge in [0.05, 0.1) is 11.5 Å². The van der Waals surface area contributed by atoms with Gasteiger partial charge in [0.15, 0.2) is 0 Å². The number of aliphatic hydroxyl groups is 1. The number of aryl methyl sites for hydroxylation is 1. The van der Waals surface area contributed by atoms with E-state index in [1.54, 1.807) is 19.1 Å². The molecule has 1 aromatic rings. The largest absolute Gasteiger partial charge is 0.395 e. The molecule has 0 aromatic heterocycles. The van der Waals surface area contributed by atoms with E-state index < -0.39 is 10.0 Å². The Balaban J connectivity index is 3.17. The summed E-state index contributed by atoms with van der Waals surface area (Å²) in [6.07, 6.45) is 0.700. The molecule has 1 rings (SSSR count). The van der Waals surface area contributed by atoms with Crippen molar-refractivity contribution in [1.82, 2.24) is 4.31 Å². The van der Waals surface area contributed by atoms with Gasteiger partial charge >= 0.3 is 0 Å². The second-order valence-corrected chi connectivity index (χ2v) is 6.38. The minimum Gasteiger partial charge on any atom is -0.395 e. The van der Waals surface area contributed by atoms with Gasteiger partial charge in [0.1, 0.15) is 0 Å². The van der Waals surface area contributed by atoms with E-state index in [9.17, 15) is 8.42 Å². The molecule has 0 saturated carbocycles. The smallest absolute Gasteiger partial charge is 0.243 e. The third-order valence-electron chi connectivity index (χ3n) is 2.58. The minimum absolute atomic E-state index is 0.109. The Morgan fingerprint density at radius 3 is 2.50 bits per heavy atom. The Morgan fingerprint density at radius 1 is 1.33 bits per heavy atom. The first-order valence-corrected chi connectivity index (χ1v) is 7.62. The molecule has 0 radical (unpaired) electrons. The number of hydrogen-bond donors (Lipinski definition) is 1. The van der Waals surface area contributed by atoms with Crippen LogP contribution in [0.15, 0.2) is 23.1 Å². The molecule has 4 nitrogen and oxygen atoms in total. The van der Waals surface area contributed by atoms with Gasteiger partial charge in [-0.3, -0.25) is 0 Å². The quantitative estimate of drug-likeness (QED) is 0.872. The molecule has 18 heavy (non-hydrogen) atoms. The maximum Gasteiger partial charge on any atom is 0.243 e. The Bertz CT molecular complexity index is 496. The molecule has 0 bridgehead atoms. The second-order valence-electron chi connectivity index (χ2n) is 4.04. The number of nitrogens with zero attached hydrogens (tertiary/aromatic N) is 1. The molecule has 102 valence electrons. The molecular formula is C12H18ClNO3S. The fraction of sp³-hybridized carbons (Fsp3) is 0.500. The van der Waals surface area contributed by atoms with Crippen LogP contribution in [0.3, 0.4) is 0 Å².